The van der Waals surface area contributed by atoms with Crippen molar-refractivity contribution in [3.63, 3.8) is 0 Å². The van der Waals surface area contributed by atoms with E-state index in [2.05, 4.69) is 93.6 Å². The van der Waals surface area contributed by atoms with Gasteiger partial charge in [-0.3, -0.25) is 4.79 Å². The fourth-order valence-electron chi connectivity index (χ4n) is 5.31. The fourth-order valence-corrected chi connectivity index (χ4v) is 13.1. The van der Waals surface area contributed by atoms with Crippen molar-refractivity contribution in [1.82, 2.24) is 0 Å². The summed E-state index contributed by atoms with van der Waals surface area (Å²) in [5, 5.41) is 3.65. The Balaban J connectivity index is 1.25. The number of hydrogen-bond acceptors (Lipinski definition) is 3. The number of carbonyl (C=O) groups excluding carboxylic acids is 2. The number of ether oxygens (including phenoxy) is 1. The van der Waals surface area contributed by atoms with Crippen molar-refractivity contribution in [1.29, 1.82) is 0 Å². The van der Waals surface area contributed by atoms with Gasteiger partial charge in [0.05, 0.1) is 0 Å². The molecule has 0 aliphatic carbocycles. The number of carbonyl (C=O) groups is 2. The molecule has 1 amide bonds. The first kappa shape index (κ1) is 29.4. The molecule has 5 aromatic carbocycles. The van der Waals surface area contributed by atoms with Crippen LogP contribution in [-0.4, -0.2) is 18.0 Å². The SMILES string of the molecule is O=C(CCCCP(Br)(c1ccccc1)(c1ccccc1)c1ccccc1)Oc1ccc(NC(=O)c2ccccc2)cc1. The van der Waals surface area contributed by atoms with Gasteiger partial charge in [-0.1, -0.05) is 18.2 Å². The maximum absolute atomic E-state index is 12.8. The van der Waals surface area contributed by atoms with Gasteiger partial charge in [0.15, 0.2) is 0 Å². The quantitative estimate of drug-likeness (QED) is 0.0694. The molecule has 0 spiro atoms. The standard InChI is InChI=1S/C36H33BrNO3P/c37-42(32-17-7-2-8-18-32,33-19-9-3-10-20-33,34-21-11-4-12-22-34)28-14-13-23-35(39)41-31-26-24-30(25-27-31)38-36(40)29-15-5-1-6-16-29/h1-12,15-22,24-27H,13-14,23,28H2,(H,38,40). The van der Waals surface area contributed by atoms with E-state index >= 15 is 0 Å². The maximum atomic E-state index is 12.8. The Morgan fingerprint density at radius 1 is 0.595 bits per heavy atom. The van der Waals surface area contributed by atoms with Crippen LogP contribution in [0.4, 0.5) is 5.69 Å². The summed E-state index contributed by atoms with van der Waals surface area (Å²) in [5.74, 6) is -0.00777. The summed E-state index contributed by atoms with van der Waals surface area (Å²) in [4.78, 5) is 25.2. The number of anilines is 1. The molecule has 0 radical (unpaired) electrons. The zero-order valence-corrected chi connectivity index (χ0v) is 25.7. The van der Waals surface area contributed by atoms with Crippen LogP contribution in [0.15, 0.2) is 146 Å². The van der Waals surface area contributed by atoms with E-state index in [-0.39, 0.29) is 11.9 Å². The van der Waals surface area contributed by atoms with E-state index in [1.807, 2.05) is 36.4 Å². The van der Waals surface area contributed by atoms with Gasteiger partial charge in [0, 0.05) is 5.56 Å². The summed E-state index contributed by atoms with van der Waals surface area (Å²) in [5.41, 5.74) is 1.21. The molecule has 0 aromatic heterocycles. The van der Waals surface area contributed by atoms with Crippen LogP contribution in [0, 0.1) is 0 Å². The zero-order chi connectivity index (χ0) is 29.3. The van der Waals surface area contributed by atoms with Crippen molar-refractivity contribution in [3.05, 3.63) is 151 Å². The summed E-state index contributed by atoms with van der Waals surface area (Å²) in [6, 6.07) is 47.9. The molecule has 0 saturated heterocycles. The van der Waals surface area contributed by atoms with E-state index < -0.39 is 5.31 Å². The van der Waals surface area contributed by atoms with Gasteiger partial charge in [0.2, 0.25) is 0 Å². The molecule has 4 nitrogen and oxygen atoms in total. The minimum atomic E-state index is -3.01. The van der Waals surface area contributed by atoms with Crippen LogP contribution >= 0.6 is 20.8 Å². The number of rotatable bonds is 11. The van der Waals surface area contributed by atoms with E-state index in [1.165, 1.54) is 15.9 Å². The van der Waals surface area contributed by atoms with E-state index in [4.69, 9.17) is 4.74 Å². The molecule has 0 heterocycles. The molecule has 212 valence electrons. The van der Waals surface area contributed by atoms with Crippen LogP contribution in [-0.2, 0) is 4.79 Å². The van der Waals surface area contributed by atoms with Crippen LogP contribution < -0.4 is 26.0 Å². The average Bonchev–Trinajstić information content (AvgIpc) is 3.05. The van der Waals surface area contributed by atoms with Crippen molar-refractivity contribution in [2.75, 3.05) is 11.5 Å². The first-order valence-corrected chi connectivity index (χ1v) is 18.5. The van der Waals surface area contributed by atoms with Crippen molar-refractivity contribution in [2.45, 2.75) is 19.3 Å². The predicted octanol–water partition coefficient (Wildman–Crippen LogP) is 7.85. The second kappa shape index (κ2) is 13.3. The molecule has 5 rings (SSSR count). The second-order valence-corrected chi connectivity index (χ2v) is 19.2. The van der Waals surface area contributed by atoms with Crippen LogP contribution in [0.2, 0.25) is 0 Å². The van der Waals surface area contributed by atoms with E-state index in [1.54, 1.807) is 36.4 Å². The third-order valence-corrected chi connectivity index (χ3v) is 17.5. The van der Waals surface area contributed by atoms with Gasteiger partial charge in [-0.05, 0) is 12.1 Å². The number of esters is 1. The number of benzene rings is 5. The third kappa shape index (κ3) is 6.38. The number of amides is 1. The van der Waals surface area contributed by atoms with Gasteiger partial charge in [-0.2, -0.15) is 0 Å². The zero-order valence-electron chi connectivity index (χ0n) is 23.2. The number of unbranched alkanes of at least 4 members (excludes halogenated alkanes) is 1. The molecule has 5 aromatic rings. The van der Waals surface area contributed by atoms with Gasteiger partial charge in [0.25, 0.3) is 0 Å². The minimum absolute atomic E-state index is 0.189. The predicted molar refractivity (Wildman–Crippen MR) is 179 cm³/mol. The molecule has 0 aliphatic rings. The van der Waals surface area contributed by atoms with Crippen molar-refractivity contribution in [2.24, 2.45) is 0 Å². The molecule has 0 bridgehead atoms. The molecule has 0 atom stereocenters. The fraction of sp³-hybridized carbons (Fsp3) is 0.111. The molecule has 0 fully saturated rings. The Morgan fingerprint density at radius 2 is 1.05 bits per heavy atom. The van der Waals surface area contributed by atoms with E-state index in [0.29, 0.717) is 29.8 Å². The topological polar surface area (TPSA) is 55.4 Å². The Morgan fingerprint density at radius 3 is 1.52 bits per heavy atom. The van der Waals surface area contributed by atoms with Crippen molar-refractivity contribution < 1.29 is 14.3 Å². The van der Waals surface area contributed by atoms with Gasteiger partial charge in [-0.15, -0.1) is 0 Å². The van der Waals surface area contributed by atoms with Crippen LogP contribution in [0.5, 0.6) is 5.75 Å². The van der Waals surface area contributed by atoms with Crippen molar-refractivity contribution in [3.8, 4) is 5.75 Å². The Labute approximate surface area is 255 Å². The molecular formula is C36H33BrNO3P. The summed E-state index contributed by atoms with van der Waals surface area (Å²) < 4.78 is 5.62. The van der Waals surface area contributed by atoms with Crippen LogP contribution in [0.25, 0.3) is 0 Å². The molecule has 0 unspecified atom stereocenters. The Hall–Kier alpha value is -4.05. The van der Waals surface area contributed by atoms with Gasteiger partial charge in [0.1, 0.15) is 0 Å². The van der Waals surface area contributed by atoms with Crippen LogP contribution in [0.3, 0.4) is 0 Å². The first-order chi connectivity index (χ1) is 20.5. The van der Waals surface area contributed by atoms with Crippen LogP contribution in [0.1, 0.15) is 29.6 Å². The average molecular weight is 639 g/mol. The molecule has 6 heteroatoms. The first-order valence-electron chi connectivity index (χ1n) is 14.0. The van der Waals surface area contributed by atoms with E-state index in [0.717, 1.165) is 12.6 Å². The molecule has 1 N–H and O–H groups in total. The van der Waals surface area contributed by atoms with E-state index in [9.17, 15) is 9.59 Å². The third-order valence-electron chi connectivity index (χ3n) is 7.47. The van der Waals surface area contributed by atoms with Gasteiger partial charge >= 0.3 is 216 Å². The number of hydrogen-bond donors (Lipinski definition) is 1. The number of halogens is 1. The Kier molecular flexibility index (Phi) is 9.31. The molecule has 0 aliphatic heterocycles. The van der Waals surface area contributed by atoms with Crippen molar-refractivity contribution >= 4 is 54.3 Å². The summed E-state index contributed by atoms with van der Waals surface area (Å²) in [6.45, 7) is 0. The van der Waals surface area contributed by atoms with Gasteiger partial charge < -0.3 is 0 Å². The van der Waals surface area contributed by atoms with Gasteiger partial charge in [-0.25, -0.2) is 0 Å². The summed E-state index contributed by atoms with van der Waals surface area (Å²) >= 11 is 4.46. The monoisotopic (exact) mass is 637 g/mol. The molecule has 0 saturated carbocycles. The normalized spacial score (nSPS) is 12.1. The summed E-state index contributed by atoms with van der Waals surface area (Å²) in [6.07, 6.45) is 2.71. The Bertz CT molecular complexity index is 1510. The summed E-state index contributed by atoms with van der Waals surface area (Å²) in [7, 11) is 0. The molecule has 42 heavy (non-hydrogen) atoms. The second-order valence-electron chi connectivity index (χ2n) is 10.2. The number of nitrogens with one attached hydrogen (secondary N) is 1. The molecular weight excluding hydrogens is 605 g/mol.